The quantitative estimate of drug-likeness (QED) is 0.778. The van der Waals surface area contributed by atoms with Crippen molar-refractivity contribution in [3.05, 3.63) is 29.6 Å². The molecular weight excluding hydrogens is 238 g/mol. The van der Waals surface area contributed by atoms with Gasteiger partial charge in [0.1, 0.15) is 6.61 Å². The fourth-order valence-electron chi connectivity index (χ4n) is 1.45. The van der Waals surface area contributed by atoms with Crippen LogP contribution in [0.5, 0.6) is 0 Å². The van der Waals surface area contributed by atoms with Gasteiger partial charge in [-0.15, -0.1) is 0 Å². The Kier molecular flexibility index (Phi) is 6.75. The standard InChI is InChI=1S/C13H20F2N2O/c1-10(2)6-16-7-11-4-3-5-12(17-11)8-18-9-13(14)15/h3-5,10,13,16H,6-9H2,1-2H3. The Bertz CT molecular complexity index is 316. The predicted octanol–water partition coefficient (Wildman–Crippen LogP) is 2.61. The smallest absolute Gasteiger partial charge is 0.261 e. The van der Waals surface area contributed by atoms with E-state index in [4.69, 9.17) is 4.74 Å². The lowest BCUT2D eigenvalue weighted by Crippen LogP contribution is -2.19. The van der Waals surface area contributed by atoms with Crippen LogP contribution in [-0.2, 0) is 17.9 Å². The molecule has 0 amide bonds. The van der Waals surface area contributed by atoms with E-state index in [0.29, 0.717) is 18.2 Å². The summed E-state index contributed by atoms with van der Waals surface area (Å²) in [6, 6.07) is 5.54. The Balaban J connectivity index is 2.36. The summed E-state index contributed by atoms with van der Waals surface area (Å²) >= 11 is 0. The number of halogens is 2. The highest BCUT2D eigenvalue weighted by Crippen LogP contribution is 2.03. The van der Waals surface area contributed by atoms with Gasteiger partial charge in [0, 0.05) is 6.54 Å². The SMILES string of the molecule is CC(C)CNCc1cccc(COCC(F)F)n1. The van der Waals surface area contributed by atoms with Crippen LogP contribution in [0.3, 0.4) is 0 Å². The van der Waals surface area contributed by atoms with Gasteiger partial charge < -0.3 is 10.1 Å². The molecule has 0 aromatic carbocycles. The summed E-state index contributed by atoms with van der Waals surface area (Å²) in [5, 5.41) is 3.28. The molecule has 1 aromatic heterocycles. The predicted molar refractivity (Wildman–Crippen MR) is 66.4 cm³/mol. The number of alkyl halides is 2. The van der Waals surface area contributed by atoms with Gasteiger partial charge in [0.05, 0.1) is 18.0 Å². The minimum atomic E-state index is -2.43. The van der Waals surface area contributed by atoms with Crippen molar-refractivity contribution in [2.45, 2.75) is 33.4 Å². The maximum atomic E-state index is 11.9. The van der Waals surface area contributed by atoms with Crippen LogP contribution in [0, 0.1) is 5.92 Å². The molecule has 3 nitrogen and oxygen atoms in total. The van der Waals surface area contributed by atoms with Gasteiger partial charge >= 0.3 is 0 Å². The summed E-state index contributed by atoms with van der Waals surface area (Å²) in [6.45, 7) is 5.46. The van der Waals surface area contributed by atoms with Gasteiger partial charge in [-0.2, -0.15) is 0 Å². The third kappa shape index (κ3) is 6.61. The van der Waals surface area contributed by atoms with Crippen LogP contribution in [0.1, 0.15) is 25.2 Å². The van der Waals surface area contributed by atoms with Gasteiger partial charge in [-0.3, -0.25) is 4.98 Å². The fraction of sp³-hybridized carbons (Fsp3) is 0.615. The Morgan fingerprint density at radius 2 is 2.00 bits per heavy atom. The van der Waals surface area contributed by atoms with Crippen molar-refractivity contribution < 1.29 is 13.5 Å². The lowest BCUT2D eigenvalue weighted by atomic mass is 10.2. The van der Waals surface area contributed by atoms with Gasteiger partial charge in [0.2, 0.25) is 0 Å². The molecule has 0 bridgehead atoms. The second kappa shape index (κ2) is 8.11. The first-order valence-corrected chi connectivity index (χ1v) is 6.09. The molecule has 1 N–H and O–H groups in total. The summed E-state index contributed by atoms with van der Waals surface area (Å²) in [5.41, 5.74) is 1.58. The highest BCUT2D eigenvalue weighted by Gasteiger charge is 2.03. The van der Waals surface area contributed by atoms with Gasteiger partial charge in [-0.05, 0) is 24.6 Å². The summed E-state index contributed by atoms with van der Waals surface area (Å²) in [7, 11) is 0. The molecular formula is C13H20F2N2O. The van der Waals surface area contributed by atoms with E-state index in [-0.39, 0.29) is 6.61 Å². The average molecular weight is 258 g/mol. The van der Waals surface area contributed by atoms with Gasteiger partial charge in [-0.1, -0.05) is 19.9 Å². The topological polar surface area (TPSA) is 34.1 Å². The molecule has 0 unspecified atom stereocenters. The Labute approximate surface area is 107 Å². The van der Waals surface area contributed by atoms with Crippen molar-refractivity contribution in [3.8, 4) is 0 Å². The van der Waals surface area contributed by atoms with E-state index in [1.165, 1.54) is 0 Å². The number of ether oxygens (including phenoxy) is 1. The number of hydrogen-bond acceptors (Lipinski definition) is 3. The van der Waals surface area contributed by atoms with Gasteiger partial charge in [-0.25, -0.2) is 8.78 Å². The summed E-state index contributed by atoms with van der Waals surface area (Å²) in [4.78, 5) is 4.33. The van der Waals surface area contributed by atoms with Crippen LogP contribution in [0.15, 0.2) is 18.2 Å². The lowest BCUT2D eigenvalue weighted by Gasteiger charge is -2.08. The summed E-state index contributed by atoms with van der Waals surface area (Å²) in [6.07, 6.45) is -2.43. The maximum absolute atomic E-state index is 11.9. The first kappa shape index (κ1) is 15.0. The number of nitrogens with one attached hydrogen (secondary N) is 1. The van der Waals surface area contributed by atoms with Gasteiger partial charge in [0.25, 0.3) is 6.43 Å². The Morgan fingerprint density at radius 1 is 1.28 bits per heavy atom. The van der Waals surface area contributed by atoms with E-state index >= 15 is 0 Å². The number of pyridine rings is 1. The third-order valence-corrected chi connectivity index (χ3v) is 2.22. The average Bonchev–Trinajstić information content (AvgIpc) is 2.28. The molecule has 0 saturated carbocycles. The molecule has 1 aromatic rings. The first-order chi connectivity index (χ1) is 8.58. The highest BCUT2D eigenvalue weighted by atomic mass is 19.3. The van der Waals surface area contributed by atoms with Crippen molar-refractivity contribution >= 4 is 0 Å². The molecule has 0 aliphatic rings. The van der Waals surface area contributed by atoms with Crippen molar-refractivity contribution in [1.82, 2.24) is 10.3 Å². The normalized spacial score (nSPS) is 11.4. The summed E-state index contributed by atoms with van der Waals surface area (Å²) in [5.74, 6) is 0.586. The number of hydrogen-bond donors (Lipinski definition) is 1. The second-order valence-corrected chi connectivity index (χ2v) is 4.55. The van der Waals surface area contributed by atoms with E-state index in [2.05, 4.69) is 24.1 Å². The van der Waals surface area contributed by atoms with Crippen LogP contribution < -0.4 is 5.32 Å². The van der Waals surface area contributed by atoms with E-state index in [1.807, 2.05) is 12.1 Å². The largest absolute Gasteiger partial charge is 0.369 e. The molecule has 0 saturated heterocycles. The Morgan fingerprint density at radius 3 is 2.67 bits per heavy atom. The monoisotopic (exact) mass is 258 g/mol. The molecule has 18 heavy (non-hydrogen) atoms. The van der Waals surface area contributed by atoms with E-state index in [1.54, 1.807) is 6.07 Å². The van der Waals surface area contributed by atoms with Crippen LogP contribution in [-0.4, -0.2) is 24.6 Å². The molecule has 1 heterocycles. The molecule has 0 aliphatic carbocycles. The molecule has 0 radical (unpaired) electrons. The van der Waals surface area contributed by atoms with Crippen LogP contribution in [0.25, 0.3) is 0 Å². The van der Waals surface area contributed by atoms with E-state index < -0.39 is 13.0 Å². The third-order valence-electron chi connectivity index (χ3n) is 2.22. The number of nitrogens with zero attached hydrogens (tertiary/aromatic N) is 1. The molecule has 5 heteroatoms. The van der Waals surface area contributed by atoms with Crippen LogP contribution in [0.2, 0.25) is 0 Å². The molecule has 0 atom stereocenters. The van der Waals surface area contributed by atoms with Crippen molar-refractivity contribution in [2.75, 3.05) is 13.2 Å². The van der Waals surface area contributed by atoms with Gasteiger partial charge in [0.15, 0.2) is 0 Å². The molecule has 1 rings (SSSR count). The minimum Gasteiger partial charge on any atom is -0.369 e. The summed E-state index contributed by atoms with van der Waals surface area (Å²) < 4.78 is 28.7. The van der Waals surface area contributed by atoms with Crippen LogP contribution in [0.4, 0.5) is 8.78 Å². The van der Waals surface area contributed by atoms with Crippen molar-refractivity contribution in [3.63, 3.8) is 0 Å². The zero-order chi connectivity index (χ0) is 13.4. The molecule has 0 aliphatic heterocycles. The molecule has 0 fully saturated rings. The minimum absolute atomic E-state index is 0.127. The highest BCUT2D eigenvalue weighted by molar-refractivity contribution is 5.10. The second-order valence-electron chi connectivity index (χ2n) is 4.55. The van der Waals surface area contributed by atoms with Crippen molar-refractivity contribution in [1.29, 1.82) is 0 Å². The maximum Gasteiger partial charge on any atom is 0.261 e. The molecule has 102 valence electrons. The zero-order valence-corrected chi connectivity index (χ0v) is 10.8. The van der Waals surface area contributed by atoms with E-state index in [9.17, 15) is 8.78 Å². The number of aromatic nitrogens is 1. The van der Waals surface area contributed by atoms with Crippen LogP contribution >= 0.6 is 0 Å². The molecule has 0 spiro atoms. The number of rotatable bonds is 8. The first-order valence-electron chi connectivity index (χ1n) is 6.09. The fourth-order valence-corrected chi connectivity index (χ4v) is 1.45. The lowest BCUT2D eigenvalue weighted by molar-refractivity contribution is 0.00879. The zero-order valence-electron chi connectivity index (χ0n) is 10.8. The van der Waals surface area contributed by atoms with Crippen molar-refractivity contribution in [2.24, 2.45) is 5.92 Å². The Hall–Kier alpha value is -1.07. The van der Waals surface area contributed by atoms with E-state index in [0.717, 1.165) is 12.2 Å².